The van der Waals surface area contributed by atoms with Crippen LogP contribution < -0.4 is 16.0 Å². The number of rotatable bonds is 5. The molecular weight excluding hydrogens is 399 g/mol. The van der Waals surface area contributed by atoms with Crippen LogP contribution in [0.1, 0.15) is 30.3 Å². The number of hydrogen-bond donors (Lipinski definition) is 3. The topological polar surface area (TPSA) is 92.6 Å². The van der Waals surface area contributed by atoms with Crippen LogP contribution in [0, 0.1) is 6.92 Å². The van der Waals surface area contributed by atoms with Crippen LogP contribution in [-0.4, -0.2) is 38.6 Å². The van der Waals surface area contributed by atoms with Gasteiger partial charge in [-0.05, 0) is 38.4 Å². The van der Waals surface area contributed by atoms with Gasteiger partial charge in [0, 0.05) is 18.8 Å². The summed E-state index contributed by atoms with van der Waals surface area (Å²) in [5.74, 6) is 1.15. The van der Waals surface area contributed by atoms with Crippen molar-refractivity contribution < 1.29 is 0 Å². The lowest BCUT2D eigenvalue weighted by atomic mass is 10.2. The fourth-order valence-electron chi connectivity index (χ4n) is 3.20. The monoisotopic (exact) mass is 418 g/mol. The number of nitrogens with one attached hydrogen (secondary N) is 3. The molecule has 4 rings (SSSR count). The Hall–Kier alpha value is -2.42. The Kier molecular flexibility index (Phi) is 5.34. The number of hydrogen-bond acceptors (Lipinski definition) is 7. The molecule has 0 unspecified atom stereocenters. The lowest BCUT2D eigenvalue weighted by molar-refractivity contribution is 0.625. The molecule has 28 heavy (non-hydrogen) atoms. The highest BCUT2D eigenvalue weighted by molar-refractivity contribution is 6.39. The van der Waals surface area contributed by atoms with Gasteiger partial charge in [-0.25, -0.2) is 9.67 Å². The lowest BCUT2D eigenvalue weighted by Crippen LogP contribution is -2.13. The van der Waals surface area contributed by atoms with Gasteiger partial charge in [0.1, 0.15) is 17.2 Å². The first kappa shape index (κ1) is 18.9. The third kappa shape index (κ3) is 3.76. The number of halogens is 2. The van der Waals surface area contributed by atoms with Crippen molar-refractivity contribution in [2.75, 3.05) is 24.2 Å². The van der Waals surface area contributed by atoms with Crippen molar-refractivity contribution in [1.82, 2.24) is 30.3 Å². The number of nitrogens with zero attached hydrogens (tertiary/aromatic N) is 5. The number of benzene rings is 1. The van der Waals surface area contributed by atoms with Crippen molar-refractivity contribution in [3.05, 3.63) is 45.8 Å². The van der Waals surface area contributed by atoms with Gasteiger partial charge in [-0.3, -0.25) is 0 Å². The molecule has 3 aromatic rings. The van der Waals surface area contributed by atoms with E-state index < -0.39 is 0 Å². The molecule has 146 valence electrons. The smallest absolute Gasteiger partial charge is 0.229 e. The van der Waals surface area contributed by atoms with Gasteiger partial charge in [-0.15, -0.1) is 5.10 Å². The molecule has 1 atom stereocenters. The molecule has 1 fully saturated rings. The summed E-state index contributed by atoms with van der Waals surface area (Å²) >= 11 is 13.1. The van der Waals surface area contributed by atoms with E-state index in [0.717, 1.165) is 30.8 Å². The second-order valence-corrected chi connectivity index (χ2v) is 7.37. The molecule has 10 heteroatoms. The summed E-state index contributed by atoms with van der Waals surface area (Å²) in [6.07, 6.45) is 4.03. The third-order valence-electron chi connectivity index (χ3n) is 4.58. The molecule has 1 aliphatic rings. The minimum absolute atomic E-state index is 0.216. The van der Waals surface area contributed by atoms with Crippen LogP contribution in [0.2, 0.25) is 10.0 Å². The molecule has 0 radical (unpaired) electrons. The fourth-order valence-corrected chi connectivity index (χ4v) is 3.79. The SMILES string of the molecule is CNc1cc(C)nc(Nc2ccc(Cl)c(-n3cc([C@H]4CCCN4)nn3)c2Cl)n1. The molecule has 8 nitrogen and oxygen atoms in total. The van der Waals surface area contributed by atoms with Gasteiger partial charge in [0.2, 0.25) is 5.95 Å². The average molecular weight is 419 g/mol. The van der Waals surface area contributed by atoms with Crippen molar-refractivity contribution in [1.29, 1.82) is 0 Å². The molecule has 2 aromatic heterocycles. The molecule has 0 aliphatic carbocycles. The average Bonchev–Trinajstić information content (AvgIpc) is 3.35. The molecule has 1 saturated heterocycles. The van der Waals surface area contributed by atoms with Crippen LogP contribution >= 0.6 is 23.2 Å². The number of aryl methyl sites for hydroxylation is 1. The van der Waals surface area contributed by atoms with Gasteiger partial charge in [-0.2, -0.15) is 4.98 Å². The van der Waals surface area contributed by atoms with Crippen molar-refractivity contribution in [3.8, 4) is 5.69 Å². The summed E-state index contributed by atoms with van der Waals surface area (Å²) in [5.41, 5.74) is 2.90. The lowest BCUT2D eigenvalue weighted by Gasteiger charge is -2.13. The zero-order chi connectivity index (χ0) is 19.7. The fraction of sp³-hybridized carbons (Fsp3) is 0.333. The summed E-state index contributed by atoms with van der Waals surface area (Å²) in [4.78, 5) is 8.80. The maximum Gasteiger partial charge on any atom is 0.229 e. The summed E-state index contributed by atoms with van der Waals surface area (Å²) in [5, 5.41) is 19.0. The van der Waals surface area contributed by atoms with Crippen LogP contribution in [0.4, 0.5) is 17.5 Å². The van der Waals surface area contributed by atoms with Crippen LogP contribution in [0.3, 0.4) is 0 Å². The van der Waals surface area contributed by atoms with E-state index in [1.165, 1.54) is 0 Å². The second-order valence-electron chi connectivity index (χ2n) is 6.59. The zero-order valence-electron chi connectivity index (χ0n) is 15.5. The highest BCUT2D eigenvalue weighted by Gasteiger charge is 2.21. The predicted octanol–water partition coefficient (Wildman–Crippen LogP) is 3.88. The first-order valence-electron chi connectivity index (χ1n) is 8.99. The molecule has 0 bridgehead atoms. The van der Waals surface area contributed by atoms with E-state index in [4.69, 9.17) is 23.2 Å². The van der Waals surface area contributed by atoms with Crippen LogP contribution in [0.25, 0.3) is 5.69 Å². The molecule has 3 heterocycles. The van der Waals surface area contributed by atoms with E-state index in [1.54, 1.807) is 23.9 Å². The highest BCUT2D eigenvalue weighted by Crippen LogP contribution is 2.36. The zero-order valence-corrected chi connectivity index (χ0v) is 17.0. The van der Waals surface area contributed by atoms with E-state index in [2.05, 4.69) is 36.2 Å². The van der Waals surface area contributed by atoms with Crippen molar-refractivity contribution in [3.63, 3.8) is 0 Å². The summed E-state index contributed by atoms with van der Waals surface area (Å²) in [6, 6.07) is 5.62. The summed E-state index contributed by atoms with van der Waals surface area (Å²) in [7, 11) is 1.81. The Morgan fingerprint density at radius 1 is 1.25 bits per heavy atom. The maximum atomic E-state index is 6.66. The Labute approximate surface area is 172 Å². The predicted molar refractivity (Wildman–Crippen MR) is 111 cm³/mol. The Balaban J connectivity index is 1.67. The van der Waals surface area contributed by atoms with E-state index in [9.17, 15) is 0 Å². The van der Waals surface area contributed by atoms with E-state index in [0.29, 0.717) is 33.2 Å². The summed E-state index contributed by atoms with van der Waals surface area (Å²) in [6.45, 7) is 2.89. The van der Waals surface area contributed by atoms with Crippen molar-refractivity contribution >= 4 is 40.7 Å². The standard InChI is InChI=1S/C18H20Cl2N8/c1-10-8-15(21-2)25-18(23-10)24-13-6-5-11(19)17(16(13)20)28-9-14(26-27-28)12-4-3-7-22-12/h5-6,8-9,12,22H,3-4,7H2,1-2H3,(H2,21,23,24,25)/t12-/m1/s1. The second kappa shape index (κ2) is 7.90. The van der Waals surface area contributed by atoms with Gasteiger partial charge >= 0.3 is 0 Å². The molecule has 1 aromatic carbocycles. The minimum Gasteiger partial charge on any atom is -0.373 e. The molecule has 0 spiro atoms. The van der Waals surface area contributed by atoms with Crippen LogP contribution in [-0.2, 0) is 0 Å². The van der Waals surface area contributed by atoms with Gasteiger partial charge in [0.15, 0.2) is 0 Å². The van der Waals surface area contributed by atoms with E-state index >= 15 is 0 Å². The van der Waals surface area contributed by atoms with Crippen molar-refractivity contribution in [2.45, 2.75) is 25.8 Å². The van der Waals surface area contributed by atoms with Crippen LogP contribution in [0.5, 0.6) is 0 Å². The Morgan fingerprint density at radius 3 is 2.86 bits per heavy atom. The normalized spacial score (nSPS) is 16.4. The first-order chi connectivity index (χ1) is 13.5. The van der Waals surface area contributed by atoms with Gasteiger partial charge < -0.3 is 16.0 Å². The molecule has 0 amide bonds. The minimum atomic E-state index is 0.216. The van der Waals surface area contributed by atoms with E-state index in [-0.39, 0.29) is 6.04 Å². The first-order valence-corrected chi connectivity index (χ1v) is 9.75. The Bertz CT molecular complexity index is 997. The van der Waals surface area contributed by atoms with Crippen LogP contribution in [0.15, 0.2) is 24.4 Å². The molecule has 3 N–H and O–H groups in total. The Morgan fingerprint density at radius 2 is 2.11 bits per heavy atom. The molecular formula is C18H20Cl2N8. The van der Waals surface area contributed by atoms with E-state index in [1.807, 2.05) is 19.2 Å². The molecule has 0 saturated carbocycles. The number of aromatic nitrogens is 5. The molecule has 1 aliphatic heterocycles. The maximum absolute atomic E-state index is 6.66. The van der Waals surface area contributed by atoms with Gasteiger partial charge in [-0.1, -0.05) is 28.4 Å². The van der Waals surface area contributed by atoms with Gasteiger partial charge in [0.05, 0.1) is 28.0 Å². The third-order valence-corrected chi connectivity index (χ3v) is 5.27. The quantitative estimate of drug-likeness (QED) is 0.578. The van der Waals surface area contributed by atoms with Crippen molar-refractivity contribution in [2.24, 2.45) is 0 Å². The number of anilines is 3. The summed E-state index contributed by atoms with van der Waals surface area (Å²) < 4.78 is 1.61. The highest BCUT2D eigenvalue weighted by atomic mass is 35.5. The van der Waals surface area contributed by atoms with Gasteiger partial charge in [0.25, 0.3) is 0 Å². The largest absolute Gasteiger partial charge is 0.373 e.